The van der Waals surface area contributed by atoms with Crippen LogP contribution in [0.5, 0.6) is 0 Å². The van der Waals surface area contributed by atoms with Gasteiger partial charge in [0.1, 0.15) is 0 Å². The fourth-order valence-corrected chi connectivity index (χ4v) is 3.24. The Hall–Kier alpha value is -2.42. The van der Waals surface area contributed by atoms with Crippen molar-refractivity contribution < 1.29 is 14.3 Å². The van der Waals surface area contributed by atoms with Gasteiger partial charge < -0.3 is 4.74 Å². The average molecular weight is 338 g/mol. The predicted molar refractivity (Wildman–Crippen MR) is 100 cm³/mol. The van der Waals surface area contributed by atoms with Crippen LogP contribution in [0, 0.1) is 27.7 Å². The van der Waals surface area contributed by atoms with E-state index in [-0.39, 0.29) is 0 Å². The normalized spacial score (nSPS) is 10.6. The second-order valence-corrected chi connectivity index (χ2v) is 6.45. The highest BCUT2D eigenvalue weighted by molar-refractivity contribution is 6.04. The molecule has 25 heavy (non-hydrogen) atoms. The first-order valence-corrected chi connectivity index (χ1v) is 8.76. The molecule has 0 fully saturated rings. The summed E-state index contributed by atoms with van der Waals surface area (Å²) >= 11 is 0. The Kier molecular flexibility index (Phi) is 5.78. The summed E-state index contributed by atoms with van der Waals surface area (Å²) in [6, 6.07) is 7.28. The summed E-state index contributed by atoms with van der Waals surface area (Å²) in [5.74, 6) is -1.16. The summed E-state index contributed by atoms with van der Waals surface area (Å²) in [6.45, 7) is 12.0. The van der Waals surface area contributed by atoms with Crippen LogP contribution in [0.1, 0.15) is 67.9 Å². The van der Waals surface area contributed by atoms with E-state index in [4.69, 9.17) is 4.74 Å². The highest BCUT2D eigenvalue weighted by atomic mass is 16.6. The third kappa shape index (κ3) is 3.65. The third-order valence-corrected chi connectivity index (χ3v) is 5.07. The van der Waals surface area contributed by atoms with Crippen molar-refractivity contribution in [1.29, 1.82) is 0 Å². The van der Waals surface area contributed by atoms with Crippen molar-refractivity contribution in [3.05, 3.63) is 68.8 Å². The van der Waals surface area contributed by atoms with Gasteiger partial charge in [-0.1, -0.05) is 26.0 Å². The van der Waals surface area contributed by atoms with Crippen LogP contribution in [0.2, 0.25) is 0 Å². The number of rotatable bonds is 4. The molecule has 3 heteroatoms. The molecule has 0 aromatic heterocycles. The van der Waals surface area contributed by atoms with Gasteiger partial charge >= 0.3 is 11.9 Å². The number of ether oxygens (including phenoxy) is 1. The molecule has 0 aliphatic rings. The van der Waals surface area contributed by atoms with Crippen molar-refractivity contribution in [2.24, 2.45) is 0 Å². The second kappa shape index (κ2) is 7.64. The van der Waals surface area contributed by atoms with E-state index in [1.807, 2.05) is 53.7 Å². The molecule has 0 unspecified atom stereocenters. The first-order chi connectivity index (χ1) is 11.8. The molecule has 0 amide bonds. The Labute approximate surface area is 150 Å². The number of hydrogen-bond donors (Lipinski definition) is 0. The third-order valence-electron chi connectivity index (χ3n) is 5.07. The molecule has 3 nitrogen and oxygen atoms in total. The van der Waals surface area contributed by atoms with Crippen LogP contribution in [-0.2, 0) is 17.6 Å². The maximum atomic E-state index is 12.6. The maximum absolute atomic E-state index is 12.6. The van der Waals surface area contributed by atoms with Gasteiger partial charge in [0.25, 0.3) is 0 Å². The lowest BCUT2D eigenvalue weighted by atomic mass is 9.95. The second-order valence-electron chi connectivity index (χ2n) is 6.45. The van der Waals surface area contributed by atoms with E-state index in [1.54, 1.807) is 12.1 Å². The lowest BCUT2D eigenvalue weighted by Crippen LogP contribution is -2.17. The minimum absolute atomic E-state index is 0.473. The van der Waals surface area contributed by atoms with Crippen LogP contribution in [0.15, 0.2) is 24.3 Å². The predicted octanol–water partition coefficient (Wildman–Crippen LogP) is 5.04. The van der Waals surface area contributed by atoms with Gasteiger partial charge in [-0.3, -0.25) is 0 Å². The summed E-state index contributed by atoms with van der Waals surface area (Å²) in [7, 11) is 0. The monoisotopic (exact) mass is 338 g/mol. The van der Waals surface area contributed by atoms with Crippen molar-refractivity contribution in [2.45, 2.75) is 54.4 Å². The van der Waals surface area contributed by atoms with Crippen LogP contribution in [-0.4, -0.2) is 11.9 Å². The molecule has 0 saturated carbocycles. The van der Waals surface area contributed by atoms with Gasteiger partial charge in [-0.15, -0.1) is 0 Å². The van der Waals surface area contributed by atoms with E-state index < -0.39 is 11.9 Å². The SMILES string of the molecule is CCc1c(C(=O)OC(=O)c2ccc(C)c(C)c2CC)ccc(C)c1C. The van der Waals surface area contributed by atoms with Crippen LogP contribution >= 0.6 is 0 Å². The Bertz CT molecular complexity index is 762. The number of aryl methyl sites for hydroxylation is 2. The minimum atomic E-state index is -0.578. The van der Waals surface area contributed by atoms with Gasteiger partial charge in [-0.2, -0.15) is 0 Å². The summed E-state index contributed by atoms with van der Waals surface area (Å²) in [5.41, 5.74) is 7.22. The highest BCUT2D eigenvalue weighted by Gasteiger charge is 2.21. The number of carbonyl (C=O) groups is 2. The first kappa shape index (κ1) is 18.9. The standard InChI is InChI=1S/C22H26O3/c1-7-17-15(5)13(3)9-11-19(17)21(23)25-22(24)20-12-10-14(4)16(6)18(20)8-2/h9-12H,7-8H2,1-6H3. The van der Waals surface area contributed by atoms with E-state index in [1.165, 1.54) is 0 Å². The van der Waals surface area contributed by atoms with Crippen molar-refractivity contribution in [3.8, 4) is 0 Å². The minimum Gasteiger partial charge on any atom is -0.386 e. The Morgan fingerprint density at radius 3 is 1.40 bits per heavy atom. The molecule has 132 valence electrons. The van der Waals surface area contributed by atoms with Crippen LogP contribution in [0.25, 0.3) is 0 Å². The largest absolute Gasteiger partial charge is 0.386 e. The maximum Gasteiger partial charge on any atom is 0.346 e. The molecule has 0 aliphatic heterocycles. The van der Waals surface area contributed by atoms with E-state index in [9.17, 15) is 9.59 Å². The molecule has 0 saturated heterocycles. The molecule has 0 spiro atoms. The number of benzene rings is 2. The van der Waals surface area contributed by atoms with Crippen molar-refractivity contribution >= 4 is 11.9 Å². The number of carbonyl (C=O) groups excluding carboxylic acids is 2. The van der Waals surface area contributed by atoms with Crippen LogP contribution in [0.4, 0.5) is 0 Å². The van der Waals surface area contributed by atoms with Gasteiger partial charge in [0.2, 0.25) is 0 Å². The Morgan fingerprint density at radius 2 is 1.08 bits per heavy atom. The Balaban J connectivity index is 2.35. The van der Waals surface area contributed by atoms with E-state index in [0.717, 1.165) is 46.2 Å². The first-order valence-electron chi connectivity index (χ1n) is 8.76. The molecule has 0 bridgehead atoms. The summed E-state index contributed by atoms with van der Waals surface area (Å²) in [6.07, 6.45) is 1.44. The van der Waals surface area contributed by atoms with E-state index in [2.05, 4.69) is 0 Å². The van der Waals surface area contributed by atoms with E-state index in [0.29, 0.717) is 11.1 Å². The van der Waals surface area contributed by atoms with Gasteiger partial charge in [0.05, 0.1) is 11.1 Å². The van der Waals surface area contributed by atoms with Gasteiger partial charge in [0.15, 0.2) is 0 Å². The van der Waals surface area contributed by atoms with Gasteiger partial charge in [-0.25, -0.2) is 9.59 Å². The van der Waals surface area contributed by atoms with Crippen molar-refractivity contribution in [1.82, 2.24) is 0 Å². The fourth-order valence-electron chi connectivity index (χ4n) is 3.24. The summed E-state index contributed by atoms with van der Waals surface area (Å²) < 4.78 is 5.22. The van der Waals surface area contributed by atoms with Gasteiger partial charge in [-0.05, 0) is 86.1 Å². The summed E-state index contributed by atoms with van der Waals surface area (Å²) in [4.78, 5) is 25.2. The summed E-state index contributed by atoms with van der Waals surface area (Å²) in [5, 5.41) is 0. The molecular formula is C22H26O3. The lowest BCUT2D eigenvalue weighted by Gasteiger charge is -2.14. The fraction of sp³-hybridized carbons (Fsp3) is 0.364. The molecule has 2 aromatic rings. The van der Waals surface area contributed by atoms with Crippen LogP contribution < -0.4 is 0 Å². The highest BCUT2D eigenvalue weighted by Crippen LogP contribution is 2.22. The van der Waals surface area contributed by atoms with Gasteiger partial charge in [0, 0.05) is 0 Å². The number of esters is 2. The average Bonchev–Trinajstić information content (AvgIpc) is 2.59. The molecular weight excluding hydrogens is 312 g/mol. The molecule has 2 rings (SSSR count). The van der Waals surface area contributed by atoms with Crippen LogP contribution in [0.3, 0.4) is 0 Å². The van der Waals surface area contributed by atoms with E-state index >= 15 is 0 Å². The number of hydrogen-bond acceptors (Lipinski definition) is 3. The molecule has 2 aromatic carbocycles. The topological polar surface area (TPSA) is 43.4 Å². The molecule has 0 N–H and O–H groups in total. The molecule has 0 aliphatic carbocycles. The molecule has 0 radical (unpaired) electrons. The zero-order chi connectivity index (χ0) is 18.7. The quantitative estimate of drug-likeness (QED) is 0.579. The zero-order valence-corrected chi connectivity index (χ0v) is 15.9. The zero-order valence-electron chi connectivity index (χ0n) is 15.9. The van der Waals surface area contributed by atoms with Crippen molar-refractivity contribution in [3.63, 3.8) is 0 Å². The van der Waals surface area contributed by atoms with Crippen molar-refractivity contribution in [2.75, 3.05) is 0 Å². The Morgan fingerprint density at radius 1 is 0.720 bits per heavy atom. The molecule has 0 heterocycles. The molecule has 0 atom stereocenters. The lowest BCUT2D eigenvalue weighted by molar-refractivity contribution is 0.0396. The smallest absolute Gasteiger partial charge is 0.346 e.